The Balaban J connectivity index is 2.83. The van der Waals surface area contributed by atoms with Crippen molar-refractivity contribution in [2.24, 2.45) is 0 Å². The smallest absolute Gasteiger partial charge is 0.391 e. The van der Waals surface area contributed by atoms with E-state index < -0.39 is 12.2 Å². The summed E-state index contributed by atoms with van der Waals surface area (Å²) in [4.78, 5) is 0. The van der Waals surface area contributed by atoms with Gasteiger partial charge in [0.05, 0.1) is 6.73 Å². The molecule has 1 unspecified atom stereocenters. The molecule has 0 aromatic rings. The van der Waals surface area contributed by atoms with Gasteiger partial charge >= 0.3 is 6.18 Å². The lowest BCUT2D eigenvalue weighted by molar-refractivity contribution is -0.0800. The first-order valence-corrected chi connectivity index (χ1v) is 7.37. The highest BCUT2D eigenvalue weighted by atomic mass is 19.4. The predicted molar refractivity (Wildman–Crippen MR) is 86.6 cm³/mol. The molecule has 0 fully saturated rings. The van der Waals surface area contributed by atoms with E-state index in [1.54, 1.807) is 0 Å². The second-order valence-corrected chi connectivity index (χ2v) is 5.13. The fraction of sp³-hybridized carbons (Fsp3) is 0.412. The van der Waals surface area contributed by atoms with Crippen LogP contribution in [0.1, 0.15) is 19.3 Å². The summed E-state index contributed by atoms with van der Waals surface area (Å²) in [6.07, 6.45) is 6.29. The Kier molecular flexibility index (Phi) is 7.85. The van der Waals surface area contributed by atoms with Crippen molar-refractivity contribution in [2.45, 2.75) is 31.5 Å². The van der Waals surface area contributed by atoms with Gasteiger partial charge in [-0.25, -0.2) is 0 Å². The van der Waals surface area contributed by atoms with Gasteiger partial charge < -0.3 is 10.4 Å². The van der Waals surface area contributed by atoms with Gasteiger partial charge in [0, 0.05) is 31.3 Å². The topological polar surface area (TPSA) is 44.3 Å². The van der Waals surface area contributed by atoms with Crippen LogP contribution in [0.4, 0.5) is 13.2 Å². The van der Waals surface area contributed by atoms with E-state index in [1.807, 2.05) is 31.4 Å². The zero-order valence-corrected chi connectivity index (χ0v) is 13.2. The van der Waals surface area contributed by atoms with Gasteiger partial charge in [0.25, 0.3) is 0 Å². The van der Waals surface area contributed by atoms with E-state index in [2.05, 4.69) is 17.2 Å². The number of hydrogen-bond donors (Lipinski definition) is 3. The van der Waals surface area contributed by atoms with Crippen LogP contribution in [0.2, 0.25) is 0 Å². The molecule has 0 radical (unpaired) electrons. The number of halogens is 3. The molecule has 128 valence electrons. The maximum atomic E-state index is 12.2. The van der Waals surface area contributed by atoms with Gasteiger partial charge in [0.1, 0.15) is 0 Å². The van der Waals surface area contributed by atoms with E-state index in [4.69, 9.17) is 5.11 Å². The van der Waals surface area contributed by atoms with Crippen molar-refractivity contribution in [3.05, 3.63) is 59.9 Å². The van der Waals surface area contributed by atoms with Gasteiger partial charge in [-0.1, -0.05) is 37.0 Å². The van der Waals surface area contributed by atoms with Crippen LogP contribution in [0, 0.1) is 0 Å². The number of nitrogens with one attached hydrogen (secondary N) is 2. The van der Waals surface area contributed by atoms with Gasteiger partial charge in [0.2, 0.25) is 0 Å². The van der Waals surface area contributed by atoms with Crippen molar-refractivity contribution in [2.75, 3.05) is 13.8 Å². The molecule has 1 atom stereocenters. The summed E-state index contributed by atoms with van der Waals surface area (Å²) in [6.45, 7) is 3.67. The predicted octanol–water partition coefficient (Wildman–Crippen LogP) is 3.34. The number of rotatable bonds is 7. The fourth-order valence-electron chi connectivity index (χ4n) is 2.23. The third-order valence-corrected chi connectivity index (χ3v) is 3.51. The average Bonchev–Trinajstić information content (AvgIpc) is 2.45. The summed E-state index contributed by atoms with van der Waals surface area (Å²) in [5.41, 5.74) is 2.66. The molecule has 0 saturated carbocycles. The molecular weight excluding hydrogens is 305 g/mol. The molecule has 0 bridgehead atoms. The third-order valence-electron chi connectivity index (χ3n) is 3.51. The molecule has 1 rings (SSSR count). The molecular formula is C17H23F3N2O. The number of alkyl halides is 3. The molecule has 0 spiro atoms. The first kappa shape index (κ1) is 19.3. The summed E-state index contributed by atoms with van der Waals surface area (Å²) in [7, 11) is 1.84. The molecule has 0 saturated heterocycles. The second-order valence-electron chi connectivity index (χ2n) is 5.13. The van der Waals surface area contributed by atoms with Crippen LogP contribution >= 0.6 is 0 Å². The Bertz CT molecular complexity index is 516. The minimum absolute atomic E-state index is 0.0998. The summed E-state index contributed by atoms with van der Waals surface area (Å²) in [6, 6.07) is -0.455. The third kappa shape index (κ3) is 7.34. The van der Waals surface area contributed by atoms with Gasteiger partial charge in [-0.15, -0.1) is 0 Å². The molecule has 0 aromatic carbocycles. The summed E-state index contributed by atoms with van der Waals surface area (Å²) >= 11 is 0. The quantitative estimate of drug-likeness (QED) is 0.496. The molecule has 1 aliphatic rings. The fourth-order valence-corrected chi connectivity index (χ4v) is 2.23. The van der Waals surface area contributed by atoms with Crippen LogP contribution in [0.15, 0.2) is 59.9 Å². The minimum Gasteiger partial charge on any atom is -0.391 e. The van der Waals surface area contributed by atoms with E-state index in [0.29, 0.717) is 12.0 Å². The highest BCUT2D eigenvalue weighted by molar-refractivity contribution is 5.38. The second kappa shape index (κ2) is 9.37. The lowest BCUT2D eigenvalue weighted by atomic mass is 9.93. The lowest BCUT2D eigenvalue weighted by Gasteiger charge is -2.21. The number of aliphatic hydroxyl groups excluding tert-OH is 1. The van der Waals surface area contributed by atoms with Crippen molar-refractivity contribution in [1.29, 1.82) is 0 Å². The summed E-state index contributed by atoms with van der Waals surface area (Å²) < 4.78 is 36.6. The molecule has 0 heterocycles. The monoisotopic (exact) mass is 328 g/mol. The molecule has 0 aliphatic heterocycles. The maximum absolute atomic E-state index is 12.2. The number of aliphatic hydroxyl groups is 1. The Hall–Kier alpha value is -1.79. The standard InChI is InChI=1S/C17H23F3N2O/c1-13(14-6-3-4-7-15(21-2)10-9-14)16(22-12-23)8-5-11-17(18,19)20/h3-6,10-11,16,21-23H,1,7-9,12H2,2H3/b4-3?,11-5+,14-6?,15-10?. The normalized spacial score (nSPS) is 17.3. The Morgan fingerprint density at radius 1 is 1.43 bits per heavy atom. The van der Waals surface area contributed by atoms with Crippen LogP contribution in [-0.2, 0) is 0 Å². The Morgan fingerprint density at radius 2 is 2.17 bits per heavy atom. The number of allylic oxidation sites excluding steroid dienone is 5. The van der Waals surface area contributed by atoms with Crippen LogP contribution in [0.25, 0.3) is 0 Å². The van der Waals surface area contributed by atoms with Crippen LogP contribution in [-0.4, -0.2) is 31.1 Å². The minimum atomic E-state index is -4.34. The Morgan fingerprint density at radius 3 is 2.78 bits per heavy atom. The van der Waals surface area contributed by atoms with E-state index in [9.17, 15) is 13.2 Å². The molecule has 23 heavy (non-hydrogen) atoms. The van der Waals surface area contributed by atoms with Gasteiger partial charge in [-0.05, 0) is 24.0 Å². The molecule has 3 N–H and O–H groups in total. The van der Waals surface area contributed by atoms with Gasteiger partial charge in [0.15, 0.2) is 0 Å². The van der Waals surface area contributed by atoms with E-state index in [-0.39, 0.29) is 19.2 Å². The zero-order valence-electron chi connectivity index (χ0n) is 13.2. The largest absolute Gasteiger partial charge is 0.409 e. The van der Waals surface area contributed by atoms with Crippen molar-refractivity contribution in [1.82, 2.24) is 10.6 Å². The van der Waals surface area contributed by atoms with Crippen LogP contribution in [0.5, 0.6) is 0 Å². The molecule has 0 aromatic heterocycles. The first-order valence-electron chi connectivity index (χ1n) is 7.37. The van der Waals surface area contributed by atoms with E-state index in [1.165, 1.54) is 0 Å². The maximum Gasteiger partial charge on any atom is 0.409 e. The highest BCUT2D eigenvalue weighted by Gasteiger charge is 2.22. The lowest BCUT2D eigenvalue weighted by Crippen LogP contribution is -2.31. The Labute approximate surface area is 135 Å². The first-order chi connectivity index (χ1) is 10.9. The molecule has 3 nitrogen and oxygen atoms in total. The van der Waals surface area contributed by atoms with Gasteiger partial charge in [-0.2, -0.15) is 13.2 Å². The van der Waals surface area contributed by atoms with Crippen molar-refractivity contribution in [3.63, 3.8) is 0 Å². The van der Waals surface area contributed by atoms with Crippen LogP contribution < -0.4 is 10.6 Å². The average molecular weight is 328 g/mol. The summed E-state index contributed by atoms with van der Waals surface area (Å²) in [5.74, 6) is 0. The summed E-state index contributed by atoms with van der Waals surface area (Å²) in [5, 5.41) is 14.9. The molecule has 1 aliphatic carbocycles. The molecule has 6 heteroatoms. The highest BCUT2D eigenvalue weighted by Crippen LogP contribution is 2.23. The van der Waals surface area contributed by atoms with E-state index in [0.717, 1.165) is 23.8 Å². The number of hydrogen-bond acceptors (Lipinski definition) is 3. The SMILES string of the molecule is C=C(C1=CC=CCC(NC)=CC1)C(C/C=C/C(F)(F)F)NCO. The van der Waals surface area contributed by atoms with Crippen LogP contribution in [0.3, 0.4) is 0 Å². The van der Waals surface area contributed by atoms with E-state index >= 15 is 0 Å². The van der Waals surface area contributed by atoms with Crippen molar-refractivity contribution in [3.8, 4) is 0 Å². The van der Waals surface area contributed by atoms with Gasteiger partial charge in [-0.3, -0.25) is 5.32 Å². The molecule has 0 amide bonds. The van der Waals surface area contributed by atoms with Crippen molar-refractivity contribution < 1.29 is 18.3 Å². The van der Waals surface area contributed by atoms with Crippen molar-refractivity contribution >= 4 is 0 Å². The zero-order chi connectivity index (χ0) is 17.3.